The molecule has 1 aromatic heterocycles. The summed E-state index contributed by atoms with van der Waals surface area (Å²) in [6.45, 7) is 0. The Bertz CT molecular complexity index is 971. The van der Waals surface area contributed by atoms with Gasteiger partial charge in [0.05, 0.1) is 5.69 Å². The lowest BCUT2D eigenvalue weighted by molar-refractivity contribution is 0.102. The number of aromatic hydroxyl groups is 2. The smallest absolute Gasteiger partial charge is 0.264 e. The summed E-state index contributed by atoms with van der Waals surface area (Å²) in [7, 11) is 0. The molecule has 4 N–H and O–H groups in total. The summed E-state index contributed by atoms with van der Waals surface area (Å²) >= 11 is 0. The highest BCUT2D eigenvalue weighted by molar-refractivity contribution is 6.08. The first-order chi connectivity index (χ1) is 14.1. The van der Waals surface area contributed by atoms with Gasteiger partial charge in [0.1, 0.15) is 5.56 Å². The van der Waals surface area contributed by atoms with Gasteiger partial charge in [-0.3, -0.25) is 4.79 Å². The van der Waals surface area contributed by atoms with E-state index in [1.54, 1.807) is 0 Å². The molecule has 1 aliphatic rings. The number of amides is 1. The Balaban J connectivity index is 1.47. The normalized spacial score (nSPS) is 14.6. The predicted molar refractivity (Wildman–Crippen MR) is 114 cm³/mol. The van der Waals surface area contributed by atoms with E-state index in [1.165, 1.54) is 19.3 Å². The highest BCUT2D eigenvalue weighted by Gasteiger charge is 2.25. The SMILES string of the molecule is O=C(Nc1ccc(-c2ccccc2)cc1)c1c(O)[nH]c(CC2CCCCC2)c1O. The number of hydrogen-bond acceptors (Lipinski definition) is 3. The van der Waals surface area contributed by atoms with Gasteiger partial charge in [-0.15, -0.1) is 0 Å². The molecule has 0 atom stereocenters. The number of carbonyl (C=O) groups excluding carboxylic acids is 1. The number of aromatic amines is 1. The molecule has 0 aliphatic heterocycles. The first-order valence-corrected chi connectivity index (χ1v) is 10.2. The average molecular weight is 390 g/mol. The molecule has 150 valence electrons. The number of H-pyrrole nitrogens is 1. The zero-order chi connectivity index (χ0) is 20.2. The van der Waals surface area contributed by atoms with Crippen LogP contribution in [0.15, 0.2) is 54.6 Å². The maximum atomic E-state index is 12.7. The van der Waals surface area contributed by atoms with Crippen molar-refractivity contribution >= 4 is 11.6 Å². The van der Waals surface area contributed by atoms with Gasteiger partial charge in [0.15, 0.2) is 5.75 Å². The Morgan fingerprint density at radius 1 is 0.931 bits per heavy atom. The van der Waals surface area contributed by atoms with Gasteiger partial charge < -0.3 is 20.5 Å². The van der Waals surface area contributed by atoms with Crippen LogP contribution in [-0.4, -0.2) is 21.1 Å². The highest BCUT2D eigenvalue weighted by Crippen LogP contribution is 2.35. The van der Waals surface area contributed by atoms with Crippen molar-refractivity contribution in [3.05, 3.63) is 65.9 Å². The number of anilines is 1. The van der Waals surface area contributed by atoms with Gasteiger partial charge in [0.25, 0.3) is 5.91 Å². The molecule has 1 amide bonds. The number of hydrogen-bond donors (Lipinski definition) is 4. The zero-order valence-electron chi connectivity index (χ0n) is 16.3. The van der Waals surface area contributed by atoms with E-state index in [-0.39, 0.29) is 17.2 Å². The van der Waals surface area contributed by atoms with Crippen molar-refractivity contribution in [2.45, 2.75) is 38.5 Å². The van der Waals surface area contributed by atoms with Crippen molar-refractivity contribution in [3.63, 3.8) is 0 Å². The Morgan fingerprint density at radius 3 is 2.28 bits per heavy atom. The number of carbonyl (C=O) groups is 1. The lowest BCUT2D eigenvalue weighted by atomic mass is 9.86. The summed E-state index contributed by atoms with van der Waals surface area (Å²) in [6.07, 6.45) is 6.55. The molecule has 0 saturated heterocycles. The van der Waals surface area contributed by atoms with Crippen LogP contribution < -0.4 is 5.32 Å². The number of aromatic nitrogens is 1. The molecule has 5 heteroatoms. The highest BCUT2D eigenvalue weighted by atomic mass is 16.3. The fourth-order valence-electron chi connectivity index (χ4n) is 4.14. The standard InChI is InChI=1S/C24H26N2O3/c27-22-20(15-16-7-3-1-4-8-16)26-24(29)21(22)23(28)25-19-13-11-18(12-14-19)17-9-5-2-6-10-17/h2,5-6,9-14,16,26-27,29H,1,3-4,7-8,15H2,(H,25,28). The lowest BCUT2D eigenvalue weighted by Gasteiger charge is -2.20. The van der Waals surface area contributed by atoms with E-state index in [0.717, 1.165) is 24.0 Å². The van der Waals surface area contributed by atoms with Crippen LogP contribution in [0.5, 0.6) is 11.6 Å². The van der Waals surface area contributed by atoms with Crippen LogP contribution in [-0.2, 0) is 6.42 Å². The molecule has 29 heavy (non-hydrogen) atoms. The van der Waals surface area contributed by atoms with Crippen molar-refractivity contribution in [3.8, 4) is 22.8 Å². The van der Waals surface area contributed by atoms with Gasteiger partial charge in [0.2, 0.25) is 5.88 Å². The van der Waals surface area contributed by atoms with Crippen LogP contribution in [0.4, 0.5) is 5.69 Å². The number of nitrogens with one attached hydrogen (secondary N) is 2. The molecule has 4 rings (SSSR count). The number of benzene rings is 2. The van der Waals surface area contributed by atoms with Crippen LogP contribution in [0.1, 0.15) is 48.2 Å². The fourth-order valence-corrected chi connectivity index (χ4v) is 4.14. The average Bonchev–Trinajstić information content (AvgIpc) is 3.03. The lowest BCUT2D eigenvalue weighted by Crippen LogP contribution is -2.12. The van der Waals surface area contributed by atoms with Gasteiger partial charge in [-0.1, -0.05) is 74.6 Å². The quantitative estimate of drug-likeness (QED) is 0.466. The third-order valence-corrected chi connectivity index (χ3v) is 5.72. The summed E-state index contributed by atoms with van der Waals surface area (Å²) in [6, 6.07) is 17.5. The first-order valence-electron chi connectivity index (χ1n) is 10.2. The molecule has 0 radical (unpaired) electrons. The summed E-state index contributed by atoms with van der Waals surface area (Å²) in [4.78, 5) is 15.5. The molecule has 2 aromatic carbocycles. The van der Waals surface area contributed by atoms with E-state index in [2.05, 4.69) is 10.3 Å². The van der Waals surface area contributed by atoms with Crippen LogP contribution in [0.3, 0.4) is 0 Å². The van der Waals surface area contributed by atoms with E-state index < -0.39 is 5.91 Å². The van der Waals surface area contributed by atoms with Crippen LogP contribution in [0.25, 0.3) is 11.1 Å². The molecular weight excluding hydrogens is 364 g/mol. The van der Waals surface area contributed by atoms with Gasteiger partial charge in [-0.25, -0.2) is 0 Å². The minimum Gasteiger partial charge on any atom is -0.505 e. The zero-order valence-corrected chi connectivity index (χ0v) is 16.3. The van der Waals surface area contributed by atoms with Crippen molar-refractivity contribution in [2.75, 3.05) is 5.32 Å². The number of rotatable bonds is 5. The van der Waals surface area contributed by atoms with E-state index in [9.17, 15) is 15.0 Å². The fraction of sp³-hybridized carbons (Fsp3) is 0.292. The molecule has 3 aromatic rings. The maximum Gasteiger partial charge on any atom is 0.264 e. The predicted octanol–water partition coefficient (Wildman–Crippen LogP) is 5.47. The van der Waals surface area contributed by atoms with Crippen molar-refractivity contribution in [1.29, 1.82) is 0 Å². The van der Waals surface area contributed by atoms with Crippen molar-refractivity contribution in [1.82, 2.24) is 4.98 Å². The van der Waals surface area contributed by atoms with E-state index in [0.29, 0.717) is 23.7 Å². The molecule has 1 fully saturated rings. The summed E-state index contributed by atoms with van der Waals surface area (Å²) in [5.74, 6) is -0.481. The Morgan fingerprint density at radius 2 is 1.59 bits per heavy atom. The van der Waals surface area contributed by atoms with E-state index in [4.69, 9.17) is 0 Å². The van der Waals surface area contributed by atoms with Crippen molar-refractivity contribution < 1.29 is 15.0 Å². The van der Waals surface area contributed by atoms with E-state index in [1.807, 2.05) is 54.6 Å². The van der Waals surface area contributed by atoms with Crippen LogP contribution in [0.2, 0.25) is 0 Å². The summed E-state index contributed by atoms with van der Waals surface area (Å²) < 4.78 is 0. The first kappa shape index (κ1) is 19.1. The third kappa shape index (κ3) is 4.29. The molecule has 0 spiro atoms. The second-order valence-electron chi connectivity index (χ2n) is 7.78. The van der Waals surface area contributed by atoms with Gasteiger partial charge >= 0.3 is 0 Å². The van der Waals surface area contributed by atoms with Gasteiger partial charge in [0, 0.05) is 5.69 Å². The summed E-state index contributed by atoms with van der Waals surface area (Å²) in [5.41, 5.74) is 3.19. The van der Waals surface area contributed by atoms with Crippen LogP contribution >= 0.6 is 0 Å². The molecule has 1 aliphatic carbocycles. The largest absolute Gasteiger partial charge is 0.505 e. The third-order valence-electron chi connectivity index (χ3n) is 5.72. The monoisotopic (exact) mass is 390 g/mol. The summed E-state index contributed by atoms with van der Waals surface area (Å²) in [5, 5.41) is 23.5. The molecule has 0 bridgehead atoms. The Kier molecular flexibility index (Phi) is 5.56. The second kappa shape index (κ2) is 8.43. The Labute approximate surface area is 170 Å². The molecular formula is C24H26N2O3. The molecule has 0 unspecified atom stereocenters. The van der Waals surface area contributed by atoms with Gasteiger partial charge in [-0.05, 0) is 35.6 Å². The van der Waals surface area contributed by atoms with Crippen LogP contribution in [0, 0.1) is 5.92 Å². The van der Waals surface area contributed by atoms with Crippen molar-refractivity contribution in [2.24, 2.45) is 5.92 Å². The Hall–Kier alpha value is -3.21. The molecule has 1 saturated carbocycles. The molecule has 1 heterocycles. The van der Waals surface area contributed by atoms with E-state index >= 15 is 0 Å². The van der Waals surface area contributed by atoms with Gasteiger partial charge in [-0.2, -0.15) is 0 Å². The molecule has 5 nitrogen and oxygen atoms in total. The maximum absolute atomic E-state index is 12.7. The second-order valence-corrected chi connectivity index (χ2v) is 7.78. The topological polar surface area (TPSA) is 85.4 Å². The minimum absolute atomic E-state index is 0.0945. The minimum atomic E-state index is -0.529.